The summed E-state index contributed by atoms with van der Waals surface area (Å²) in [4.78, 5) is 49.5. The standard InChI is InChI=1S/C21H17ClFN3O4S/c22-15-7-5-13(6-8-15)19(28)25-12-18(27)24-9-10-26-20(29)17(31-21(26)30)11-14-3-1-2-4-16(14)23/h1-8,11H,9-10,12H2,(H,24,27)(H,25,28). The van der Waals surface area contributed by atoms with Gasteiger partial charge in [0.15, 0.2) is 0 Å². The molecule has 4 amide bonds. The van der Waals surface area contributed by atoms with Crippen LogP contribution in [0.15, 0.2) is 53.4 Å². The summed E-state index contributed by atoms with van der Waals surface area (Å²) in [5.74, 6) is -1.96. The van der Waals surface area contributed by atoms with E-state index in [0.29, 0.717) is 22.3 Å². The van der Waals surface area contributed by atoms with Gasteiger partial charge in [0.1, 0.15) is 5.82 Å². The van der Waals surface area contributed by atoms with E-state index in [4.69, 9.17) is 11.6 Å². The van der Waals surface area contributed by atoms with Crippen LogP contribution in [-0.4, -0.2) is 47.5 Å². The first-order valence-electron chi connectivity index (χ1n) is 9.15. The fraction of sp³-hybridized carbons (Fsp3) is 0.143. The largest absolute Gasteiger partial charge is 0.353 e. The van der Waals surface area contributed by atoms with Gasteiger partial charge >= 0.3 is 0 Å². The molecule has 1 aliphatic heterocycles. The predicted octanol–water partition coefficient (Wildman–Crippen LogP) is 3.06. The van der Waals surface area contributed by atoms with Crippen LogP contribution in [0.2, 0.25) is 5.02 Å². The number of benzene rings is 2. The molecule has 1 heterocycles. The number of halogens is 2. The number of hydrogen-bond acceptors (Lipinski definition) is 5. The van der Waals surface area contributed by atoms with Gasteiger partial charge in [-0.25, -0.2) is 4.39 Å². The molecular weight excluding hydrogens is 445 g/mol. The molecule has 2 aromatic rings. The molecule has 2 N–H and O–H groups in total. The zero-order valence-electron chi connectivity index (χ0n) is 16.1. The van der Waals surface area contributed by atoms with Crippen molar-refractivity contribution in [1.82, 2.24) is 15.5 Å². The average molecular weight is 462 g/mol. The van der Waals surface area contributed by atoms with Crippen molar-refractivity contribution in [2.75, 3.05) is 19.6 Å². The van der Waals surface area contributed by atoms with Gasteiger partial charge in [-0.05, 0) is 48.2 Å². The third kappa shape index (κ3) is 5.93. The number of carbonyl (C=O) groups is 4. The zero-order chi connectivity index (χ0) is 22.4. The Morgan fingerprint density at radius 2 is 1.77 bits per heavy atom. The molecule has 31 heavy (non-hydrogen) atoms. The molecule has 0 spiro atoms. The number of nitrogens with one attached hydrogen (secondary N) is 2. The monoisotopic (exact) mass is 461 g/mol. The first-order valence-corrected chi connectivity index (χ1v) is 10.3. The quantitative estimate of drug-likeness (QED) is 0.618. The lowest BCUT2D eigenvalue weighted by atomic mass is 10.2. The second-order valence-corrected chi connectivity index (χ2v) is 7.82. The van der Waals surface area contributed by atoms with Crippen LogP contribution in [0.1, 0.15) is 15.9 Å². The van der Waals surface area contributed by atoms with E-state index >= 15 is 0 Å². The first-order chi connectivity index (χ1) is 14.8. The van der Waals surface area contributed by atoms with Gasteiger partial charge in [0.2, 0.25) is 5.91 Å². The summed E-state index contributed by atoms with van der Waals surface area (Å²) in [5, 5.41) is 4.98. The molecule has 0 atom stereocenters. The maximum Gasteiger partial charge on any atom is 0.293 e. The summed E-state index contributed by atoms with van der Waals surface area (Å²) >= 11 is 6.47. The van der Waals surface area contributed by atoms with Crippen molar-refractivity contribution in [3.63, 3.8) is 0 Å². The summed E-state index contributed by atoms with van der Waals surface area (Å²) < 4.78 is 13.8. The smallest absolute Gasteiger partial charge is 0.293 e. The summed E-state index contributed by atoms with van der Waals surface area (Å²) in [7, 11) is 0. The number of rotatable bonds is 7. The molecule has 0 aliphatic carbocycles. The van der Waals surface area contributed by atoms with Gasteiger partial charge in [-0.3, -0.25) is 24.1 Å². The third-order valence-electron chi connectivity index (χ3n) is 4.24. The van der Waals surface area contributed by atoms with E-state index < -0.39 is 28.8 Å². The van der Waals surface area contributed by atoms with Gasteiger partial charge in [-0.15, -0.1) is 0 Å². The molecule has 2 aromatic carbocycles. The number of hydrogen-bond donors (Lipinski definition) is 2. The van der Waals surface area contributed by atoms with E-state index in [1.54, 1.807) is 18.2 Å². The molecule has 3 rings (SSSR count). The second-order valence-electron chi connectivity index (χ2n) is 6.39. The van der Waals surface area contributed by atoms with E-state index in [2.05, 4.69) is 10.6 Å². The van der Waals surface area contributed by atoms with E-state index in [9.17, 15) is 23.6 Å². The van der Waals surface area contributed by atoms with Gasteiger partial charge in [0.25, 0.3) is 17.1 Å². The maximum atomic E-state index is 13.8. The minimum Gasteiger partial charge on any atom is -0.353 e. The van der Waals surface area contributed by atoms with Crippen molar-refractivity contribution in [3.05, 3.63) is 75.4 Å². The Bertz CT molecular complexity index is 1060. The number of amides is 4. The summed E-state index contributed by atoms with van der Waals surface area (Å²) in [5.41, 5.74) is 0.564. The first kappa shape index (κ1) is 22.5. The van der Waals surface area contributed by atoms with Crippen LogP contribution < -0.4 is 10.6 Å². The lowest BCUT2D eigenvalue weighted by Crippen LogP contribution is -2.41. The maximum absolute atomic E-state index is 13.8. The second kappa shape index (κ2) is 10.2. The van der Waals surface area contributed by atoms with Crippen LogP contribution in [0.3, 0.4) is 0 Å². The number of imide groups is 1. The van der Waals surface area contributed by atoms with Crippen LogP contribution >= 0.6 is 23.4 Å². The van der Waals surface area contributed by atoms with Crippen molar-refractivity contribution in [1.29, 1.82) is 0 Å². The molecule has 0 unspecified atom stereocenters. The Morgan fingerprint density at radius 1 is 1.06 bits per heavy atom. The Labute approximate surface area is 186 Å². The van der Waals surface area contributed by atoms with Crippen molar-refractivity contribution >= 4 is 52.4 Å². The van der Waals surface area contributed by atoms with Crippen LogP contribution in [0.5, 0.6) is 0 Å². The molecule has 0 aromatic heterocycles. The highest BCUT2D eigenvalue weighted by Gasteiger charge is 2.34. The van der Waals surface area contributed by atoms with Crippen molar-refractivity contribution in [2.45, 2.75) is 0 Å². The lowest BCUT2D eigenvalue weighted by Gasteiger charge is -2.13. The minimum absolute atomic E-state index is 0.0146. The Morgan fingerprint density at radius 3 is 2.48 bits per heavy atom. The number of carbonyl (C=O) groups excluding carboxylic acids is 4. The molecule has 10 heteroatoms. The molecule has 0 radical (unpaired) electrons. The molecule has 1 saturated heterocycles. The van der Waals surface area contributed by atoms with Gasteiger partial charge < -0.3 is 10.6 Å². The Hall–Kier alpha value is -3.17. The molecule has 1 fully saturated rings. The topological polar surface area (TPSA) is 95.6 Å². The van der Waals surface area contributed by atoms with E-state index in [1.165, 1.54) is 36.4 Å². The van der Waals surface area contributed by atoms with Crippen molar-refractivity contribution in [2.24, 2.45) is 0 Å². The van der Waals surface area contributed by atoms with E-state index in [0.717, 1.165) is 4.90 Å². The highest BCUT2D eigenvalue weighted by Crippen LogP contribution is 2.32. The SMILES string of the molecule is O=C(CNC(=O)c1ccc(Cl)cc1)NCCN1C(=O)SC(=Cc2ccccc2F)C1=O. The van der Waals surface area contributed by atoms with E-state index in [-0.39, 0.29) is 30.1 Å². The lowest BCUT2D eigenvalue weighted by molar-refractivity contribution is -0.124. The van der Waals surface area contributed by atoms with Gasteiger partial charge in [-0.1, -0.05) is 29.8 Å². The van der Waals surface area contributed by atoms with Crippen molar-refractivity contribution < 1.29 is 23.6 Å². The van der Waals surface area contributed by atoms with Crippen LogP contribution in [0, 0.1) is 5.82 Å². The predicted molar refractivity (Wildman–Crippen MR) is 116 cm³/mol. The highest BCUT2D eigenvalue weighted by atomic mass is 35.5. The number of nitrogens with zero attached hydrogens (tertiary/aromatic N) is 1. The summed E-state index contributed by atoms with van der Waals surface area (Å²) in [6.45, 7) is -0.298. The summed E-state index contributed by atoms with van der Waals surface area (Å²) in [6, 6.07) is 12.1. The van der Waals surface area contributed by atoms with Crippen LogP contribution in [0.4, 0.5) is 9.18 Å². The molecule has 7 nitrogen and oxygen atoms in total. The van der Waals surface area contributed by atoms with Crippen LogP contribution in [-0.2, 0) is 9.59 Å². The molecular formula is C21H17ClFN3O4S. The minimum atomic E-state index is -0.552. The fourth-order valence-corrected chi connectivity index (χ4v) is 3.64. The Balaban J connectivity index is 1.46. The molecule has 0 saturated carbocycles. The average Bonchev–Trinajstić information content (AvgIpc) is 3.01. The van der Waals surface area contributed by atoms with Gasteiger partial charge in [-0.2, -0.15) is 0 Å². The van der Waals surface area contributed by atoms with Crippen molar-refractivity contribution in [3.8, 4) is 0 Å². The van der Waals surface area contributed by atoms with Crippen LogP contribution in [0.25, 0.3) is 6.08 Å². The number of thioether (sulfide) groups is 1. The highest BCUT2D eigenvalue weighted by molar-refractivity contribution is 8.18. The summed E-state index contributed by atoms with van der Waals surface area (Å²) in [6.07, 6.45) is 1.32. The normalized spacial score (nSPS) is 14.8. The Kier molecular flexibility index (Phi) is 7.43. The molecule has 160 valence electrons. The van der Waals surface area contributed by atoms with Gasteiger partial charge in [0, 0.05) is 29.2 Å². The zero-order valence-corrected chi connectivity index (χ0v) is 17.6. The molecule has 1 aliphatic rings. The van der Waals surface area contributed by atoms with Gasteiger partial charge in [0.05, 0.1) is 11.4 Å². The fourth-order valence-electron chi connectivity index (χ4n) is 2.66. The van der Waals surface area contributed by atoms with E-state index in [1.807, 2.05) is 0 Å². The molecule has 0 bridgehead atoms. The third-order valence-corrected chi connectivity index (χ3v) is 5.40.